The van der Waals surface area contributed by atoms with Crippen LogP contribution in [0.4, 0.5) is 11.5 Å². The number of anilines is 2. The lowest BCUT2D eigenvalue weighted by Gasteiger charge is -2.29. The number of nitrogens with zero attached hydrogens (tertiary/aromatic N) is 3. The first-order chi connectivity index (χ1) is 10.3. The molecule has 0 unspecified atom stereocenters. The van der Waals surface area contributed by atoms with Crippen LogP contribution in [-0.4, -0.2) is 57.1 Å². The summed E-state index contributed by atoms with van der Waals surface area (Å²) in [5.74, 6) is 0.582. The first-order valence-electron chi connectivity index (χ1n) is 7.17. The van der Waals surface area contributed by atoms with E-state index in [2.05, 4.69) is 10.3 Å². The Morgan fingerprint density at radius 2 is 1.95 bits per heavy atom. The average molecular weight is 326 g/mol. The van der Waals surface area contributed by atoms with E-state index in [0.29, 0.717) is 31.6 Å². The fraction of sp³-hybridized carbons (Fsp3) is 0.571. The number of carbonyl (C=O) groups excluding carboxylic acids is 1. The molecule has 0 spiro atoms. The number of sulfonamides is 1. The number of hydrogen-bond acceptors (Lipinski definition) is 5. The Hall–Kier alpha value is -1.67. The van der Waals surface area contributed by atoms with Crippen molar-refractivity contribution in [1.82, 2.24) is 9.29 Å². The van der Waals surface area contributed by atoms with E-state index in [0.717, 1.165) is 5.82 Å². The van der Waals surface area contributed by atoms with Gasteiger partial charge in [0.1, 0.15) is 5.82 Å². The first-order valence-corrected chi connectivity index (χ1v) is 9.01. The van der Waals surface area contributed by atoms with Gasteiger partial charge in [0.25, 0.3) is 0 Å². The Bertz CT molecular complexity index is 620. The maximum absolute atomic E-state index is 12.2. The van der Waals surface area contributed by atoms with Gasteiger partial charge in [0.15, 0.2) is 0 Å². The summed E-state index contributed by atoms with van der Waals surface area (Å²) in [6.45, 7) is 0.795. The van der Waals surface area contributed by atoms with E-state index in [1.54, 1.807) is 6.20 Å². The predicted molar refractivity (Wildman–Crippen MR) is 86.3 cm³/mol. The van der Waals surface area contributed by atoms with Crippen molar-refractivity contribution < 1.29 is 13.2 Å². The summed E-state index contributed by atoms with van der Waals surface area (Å²) >= 11 is 0. The first kappa shape index (κ1) is 16.7. The van der Waals surface area contributed by atoms with Gasteiger partial charge in [0, 0.05) is 33.1 Å². The summed E-state index contributed by atoms with van der Waals surface area (Å²) in [6.07, 6.45) is 3.91. The molecule has 1 fully saturated rings. The van der Waals surface area contributed by atoms with Crippen LogP contribution in [0.3, 0.4) is 0 Å². The third kappa shape index (κ3) is 4.17. The molecule has 1 amide bonds. The molecule has 0 atom stereocenters. The maximum Gasteiger partial charge on any atom is 0.227 e. The van der Waals surface area contributed by atoms with Gasteiger partial charge in [-0.1, -0.05) is 0 Å². The molecule has 1 aliphatic rings. The number of carbonyl (C=O) groups is 1. The lowest BCUT2D eigenvalue weighted by atomic mass is 9.97. The number of nitrogens with one attached hydrogen (secondary N) is 1. The topological polar surface area (TPSA) is 82.6 Å². The molecule has 0 saturated carbocycles. The number of hydrogen-bond donors (Lipinski definition) is 1. The Morgan fingerprint density at radius 1 is 1.32 bits per heavy atom. The Kier molecular flexibility index (Phi) is 5.02. The van der Waals surface area contributed by atoms with Crippen LogP contribution >= 0.6 is 0 Å². The van der Waals surface area contributed by atoms with Crippen molar-refractivity contribution in [3.8, 4) is 0 Å². The van der Waals surface area contributed by atoms with E-state index in [1.807, 2.05) is 31.1 Å². The van der Waals surface area contributed by atoms with Crippen LogP contribution < -0.4 is 10.2 Å². The average Bonchev–Trinajstić information content (AvgIpc) is 2.47. The van der Waals surface area contributed by atoms with Crippen molar-refractivity contribution in [1.29, 1.82) is 0 Å². The van der Waals surface area contributed by atoms with Crippen LogP contribution in [-0.2, 0) is 14.8 Å². The molecule has 0 bridgehead atoms. The van der Waals surface area contributed by atoms with E-state index in [1.165, 1.54) is 10.6 Å². The summed E-state index contributed by atoms with van der Waals surface area (Å²) in [5.41, 5.74) is 0.654. The van der Waals surface area contributed by atoms with Gasteiger partial charge in [-0.25, -0.2) is 17.7 Å². The zero-order chi connectivity index (χ0) is 16.3. The van der Waals surface area contributed by atoms with Crippen molar-refractivity contribution in [2.75, 3.05) is 43.7 Å². The number of rotatable bonds is 4. The largest absolute Gasteiger partial charge is 0.363 e. The summed E-state index contributed by atoms with van der Waals surface area (Å²) in [5, 5.41) is 2.84. The van der Waals surface area contributed by atoms with Gasteiger partial charge >= 0.3 is 0 Å². The second-order valence-corrected chi connectivity index (χ2v) is 7.71. The molecular formula is C14H22N4O3S. The Labute approximate surface area is 131 Å². The van der Waals surface area contributed by atoms with Crippen molar-refractivity contribution in [2.24, 2.45) is 5.92 Å². The van der Waals surface area contributed by atoms with Gasteiger partial charge in [-0.3, -0.25) is 4.79 Å². The van der Waals surface area contributed by atoms with E-state index in [9.17, 15) is 13.2 Å². The van der Waals surface area contributed by atoms with Crippen molar-refractivity contribution >= 4 is 27.4 Å². The molecule has 122 valence electrons. The normalized spacial score (nSPS) is 17.2. The molecule has 0 aliphatic carbocycles. The highest BCUT2D eigenvalue weighted by Crippen LogP contribution is 2.21. The Morgan fingerprint density at radius 3 is 2.41 bits per heavy atom. The molecular weight excluding hydrogens is 304 g/mol. The van der Waals surface area contributed by atoms with Gasteiger partial charge in [-0.2, -0.15) is 0 Å². The number of piperidine rings is 1. The molecule has 0 radical (unpaired) electrons. The SMILES string of the molecule is CN(C)c1ccc(NC(=O)C2CCN(S(C)(=O)=O)CC2)cn1. The molecule has 22 heavy (non-hydrogen) atoms. The summed E-state index contributed by atoms with van der Waals surface area (Å²) < 4.78 is 24.3. The number of amides is 1. The van der Waals surface area contributed by atoms with Crippen LogP contribution in [0.15, 0.2) is 18.3 Å². The van der Waals surface area contributed by atoms with Crippen molar-refractivity contribution in [2.45, 2.75) is 12.8 Å². The maximum atomic E-state index is 12.2. The monoisotopic (exact) mass is 326 g/mol. The van der Waals surface area contributed by atoms with Gasteiger partial charge in [-0.15, -0.1) is 0 Å². The van der Waals surface area contributed by atoms with E-state index in [-0.39, 0.29) is 11.8 Å². The van der Waals surface area contributed by atoms with Crippen LogP contribution in [0.1, 0.15) is 12.8 Å². The van der Waals surface area contributed by atoms with Crippen LogP contribution in [0.25, 0.3) is 0 Å². The van der Waals surface area contributed by atoms with Crippen LogP contribution in [0.5, 0.6) is 0 Å². The Balaban J connectivity index is 1.91. The minimum atomic E-state index is -3.16. The highest BCUT2D eigenvalue weighted by atomic mass is 32.2. The quantitative estimate of drug-likeness (QED) is 0.883. The van der Waals surface area contributed by atoms with Crippen molar-refractivity contribution in [3.05, 3.63) is 18.3 Å². The lowest BCUT2D eigenvalue weighted by molar-refractivity contribution is -0.120. The smallest absolute Gasteiger partial charge is 0.227 e. The standard InChI is InChI=1S/C14H22N4O3S/c1-17(2)13-5-4-12(10-15-13)16-14(19)11-6-8-18(9-7-11)22(3,20)21/h4-5,10-11H,6-9H2,1-3H3,(H,16,19). The second-order valence-electron chi connectivity index (χ2n) is 5.73. The fourth-order valence-corrected chi connectivity index (χ4v) is 3.29. The molecule has 1 N–H and O–H groups in total. The highest BCUT2D eigenvalue weighted by molar-refractivity contribution is 7.88. The predicted octanol–water partition coefficient (Wildman–Crippen LogP) is 0.758. The minimum absolute atomic E-state index is 0.0763. The molecule has 1 aromatic heterocycles. The van der Waals surface area contributed by atoms with E-state index >= 15 is 0 Å². The number of aromatic nitrogens is 1. The molecule has 2 heterocycles. The molecule has 1 aromatic rings. The fourth-order valence-electron chi connectivity index (χ4n) is 2.42. The van der Waals surface area contributed by atoms with Crippen LogP contribution in [0.2, 0.25) is 0 Å². The minimum Gasteiger partial charge on any atom is -0.363 e. The third-order valence-electron chi connectivity index (χ3n) is 3.77. The zero-order valence-electron chi connectivity index (χ0n) is 13.1. The van der Waals surface area contributed by atoms with Gasteiger partial charge < -0.3 is 10.2 Å². The molecule has 7 nitrogen and oxygen atoms in total. The second kappa shape index (κ2) is 6.62. The number of pyridine rings is 1. The molecule has 1 saturated heterocycles. The summed E-state index contributed by atoms with van der Waals surface area (Å²) in [7, 11) is 0.638. The van der Waals surface area contributed by atoms with Gasteiger partial charge in [0.05, 0.1) is 18.1 Å². The molecule has 8 heteroatoms. The van der Waals surface area contributed by atoms with Gasteiger partial charge in [-0.05, 0) is 25.0 Å². The third-order valence-corrected chi connectivity index (χ3v) is 5.07. The zero-order valence-corrected chi connectivity index (χ0v) is 13.9. The van der Waals surface area contributed by atoms with E-state index in [4.69, 9.17) is 0 Å². The lowest BCUT2D eigenvalue weighted by Crippen LogP contribution is -2.40. The molecule has 1 aliphatic heterocycles. The summed E-state index contributed by atoms with van der Waals surface area (Å²) in [6, 6.07) is 3.65. The molecule has 0 aromatic carbocycles. The highest BCUT2D eigenvalue weighted by Gasteiger charge is 2.28. The summed E-state index contributed by atoms with van der Waals surface area (Å²) in [4.78, 5) is 18.4. The van der Waals surface area contributed by atoms with E-state index < -0.39 is 10.0 Å². The van der Waals surface area contributed by atoms with Crippen LogP contribution in [0, 0.1) is 5.92 Å². The molecule has 2 rings (SSSR count). The van der Waals surface area contributed by atoms with Gasteiger partial charge in [0.2, 0.25) is 15.9 Å². The van der Waals surface area contributed by atoms with Crippen molar-refractivity contribution in [3.63, 3.8) is 0 Å².